The molecule has 0 saturated carbocycles. The maximum Gasteiger partial charge on any atom is 0.0382 e. The minimum absolute atomic E-state index is 0.633. The first-order valence-electron chi connectivity index (χ1n) is 7.03. The van der Waals surface area contributed by atoms with Crippen molar-refractivity contribution in [1.29, 1.82) is 0 Å². The molecule has 0 spiro atoms. The van der Waals surface area contributed by atoms with E-state index in [1.54, 1.807) is 11.1 Å². The van der Waals surface area contributed by atoms with E-state index >= 15 is 0 Å². The molecule has 18 heavy (non-hydrogen) atoms. The van der Waals surface area contributed by atoms with E-state index in [1.165, 1.54) is 24.2 Å². The highest BCUT2D eigenvalue weighted by atomic mass is 15.1. The van der Waals surface area contributed by atoms with Gasteiger partial charge >= 0.3 is 0 Å². The Kier molecular flexibility index (Phi) is 2.13. The second-order valence-corrected chi connectivity index (χ2v) is 6.14. The fraction of sp³-hybridized carbons (Fsp3) is 0.500. The Morgan fingerprint density at radius 2 is 2.22 bits per heavy atom. The zero-order chi connectivity index (χ0) is 12.3. The van der Waals surface area contributed by atoms with Crippen molar-refractivity contribution >= 4 is 11.3 Å². The fourth-order valence-corrected chi connectivity index (χ4v) is 4.08. The van der Waals surface area contributed by atoms with E-state index < -0.39 is 0 Å². The molecule has 1 unspecified atom stereocenters. The van der Waals surface area contributed by atoms with Crippen molar-refractivity contribution in [1.82, 2.24) is 4.90 Å². The van der Waals surface area contributed by atoms with Crippen LogP contribution in [0.5, 0.6) is 0 Å². The van der Waals surface area contributed by atoms with E-state index in [0.717, 1.165) is 6.54 Å². The maximum atomic E-state index is 3.57. The standard InChI is InChI=1S/C16H20N2/c1-10-6-13-12-4-3-5-14-16(12)11(8-17-14)7-15(13)18(2)9-10/h3-6,10-11,15,17H,7-9H2,1-2H3/t10-,11?,15-/m1/s1. The van der Waals surface area contributed by atoms with Crippen LogP contribution in [0.25, 0.3) is 5.57 Å². The summed E-state index contributed by atoms with van der Waals surface area (Å²) in [5.41, 5.74) is 6.05. The van der Waals surface area contributed by atoms with Gasteiger partial charge in [0.25, 0.3) is 0 Å². The molecular formula is C16H20N2. The first-order chi connectivity index (χ1) is 8.74. The highest BCUT2D eigenvalue weighted by Crippen LogP contribution is 2.48. The molecule has 3 aliphatic rings. The summed E-state index contributed by atoms with van der Waals surface area (Å²) in [5, 5.41) is 3.57. The van der Waals surface area contributed by atoms with Crippen molar-refractivity contribution in [3.63, 3.8) is 0 Å². The Morgan fingerprint density at radius 3 is 3.11 bits per heavy atom. The van der Waals surface area contributed by atoms with Crippen LogP contribution < -0.4 is 5.32 Å². The van der Waals surface area contributed by atoms with Crippen LogP contribution in [0.1, 0.15) is 30.4 Å². The van der Waals surface area contributed by atoms with E-state index in [0.29, 0.717) is 17.9 Å². The number of nitrogens with one attached hydrogen (secondary N) is 1. The summed E-state index contributed by atoms with van der Waals surface area (Å²) in [7, 11) is 2.28. The summed E-state index contributed by atoms with van der Waals surface area (Å²) in [6.07, 6.45) is 3.79. The van der Waals surface area contributed by atoms with Gasteiger partial charge in [0.05, 0.1) is 0 Å². The van der Waals surface area contributed by atoms with Crippen LogP contribution >= 0.6 is 0 Å². The van der Waals surface area contributed by atoms with Crippen molar-refractivity contribution in [2.24, 2.45) is 5.92 Å². The Hall–Kier alpha value is -1.28. The number of anilines is 1. The number of hydrogen-bond acceptors (Lipinski definition) is 2. The van der Waals surface area contributed by atoms with Crippen molar-refractivity contribution < 1.29 is 0 Å². The average molecular weight is 240 g/mol. The second kappa shape index (κ2) is 3.61. The summed E-state index contributed by atoms with van der Waals surface area (Å²) in [4.78, 5) is 2.55. The zero-order valence-corrected chi connectivity index (χ0v) is 11.1. The van der Waals surface area contributed by atoms with Crippen LogP contribution in [0.15, 0.2) is 24.3 Å². The molecule has 0 amide bonds. The molecule has 4 rings (SSSR count). The molecule has 2 nitrogen and oxygen atoms in total. The highest BCUT2D eigenvalue weighted by molar-refractivity contribution is 5.81. The molecule has 3 atom stereocenters. The van der Waals surface area contributed by atoms with Gasteiger partial charge < -0.3 is 5.32 Å². The SMILES string of the molecule is C[C@@H]1C=C2c3cccc4c3C(CN4)C[C@H]2N(C)C1. The quantitative estimate of drug-likeness (QED) is 0.750. The number of fused-ring (bicyclic) bond motifs is 2. The lowest BCUT2D eigenvalue weighted by molar-refractivity contribution is 0.233. The molecule has 0 fully saturated rings. The van der Waals surface area contributed by atoms with Gasteiger partial charge in [-0.1, -0.05) is 25.1 Å². The topological polar surface area (TPSA) is 15.3 Å². The predicted molar refractivity (Wildman–Crippen MR) is 75.8 cm³/mol. The van der Waals surface area contributed by atoms with Crippen molar-refractivity contribution in [2.75, 3.05) is 25.5 Å². The molecule has 0 saturated heterocycles. The molecule has 0 bridgehead atoms. The molecule has 0 radical (unpaired) electrons. The number of rotatable bonds is 0. The van der Waals surface area contributed by atoms with Crippen molar-refractivity contribution in [2.45, 2.75) is 25.3 Å². The van der Waals surface area contributed by atoms with Crippen LogP contribution in [0.4, 0.5) is 5.69 Å². The van der Waals surface area contributed by atoms with E-state index in [4.69, 9.17) is 0 Å². The lowest BCUT2D eigenvalue weighted by Gasteiger charge is -2.41. The van der Waals surface area contributed by atoms with Gasteiger partial charge in [-0.2, -0.15) is 0 Å². The van der Waals surface area contributed by atoms with Gasteiger partial charge in [-0.25, -0.2) is 0 Å². The Labute approximate surface area is 109 Å². The molecule has 1 aromatic rings. The van der Waals surface area contributed by atoms with Crippen LogP contribution in [0, 0.1) is 5.92 Å². The smallest absolute Gasteiger partial charge is 0.0382 e. The van der Waals surface area contributed by atoms with E-state index in [-0.39, 0.29) is 0 Å². The second-order valence-electron chi connectivity index (χ2n) is 6.14. The highest BCUT2D eigenvalue weighted by Gasteiger charge is 2.38. The first kappa shape index (κ1) is 10.6. The Bertz CT molecular complexity index is 532. The van der Waals surface area contributed by atoms with Gasteiger partial charge in [0.15, 0.2) is 0 Å². The van der Waals surface area contributed by atoms with Gasteiger partial charge in [-0.05, 0) is 42.2 Å². The minimum Gasteiger partial charge on any atom is -0.384 e. The van der Waals surface area contributed by atoms with Crippen molar-refractivity contribution in [3.8, 4) is 0 Å². The lowest BCUT2D eigenvalue weighted by atomic mass is 9.75. The summed E-state index contributed by atoms with van der Waals surface area (Å²) in [6.45, 7) is 4.65. The predicted octanol–water partition coefficient (Wildman–Crippen LogP) is 2.93. The third-order valence-corrected chi connectivity index (χ3v) is 4.80. The fourth-order valence-electron chi connectivity index (χ4n) is 4.08. The molecule has 1 aromatic carbocycles. The van der Waals surface area contributed by atoms with Crippen LogP contribution in [-0.2, 0) is 0 Å². The summed E-state index contributed by atoms with van der Waals surface area (Å²) < 4.78 is 0. The van der Waals surface area contributed by atoms with Gasteiger partial charge in [-0.3, -0.25) is 4.90 Å². The molecule has 0 aromatic heterocycles. The monoisotopic (exact) mass is 240 g/mol. The van der Waals surface area contributed by atoms with Gasteiger partial charge in [0.2, 0.25) is 0 Å². The maximum absolute atomic E-state index is 3.57. The van der Waals surface area contributed by atoms with Crippen LogP contribution in [0.2, 0.25) is 0 Å². The molecule has 2 heterocycles. The summed E-state index contributed by atoms with van der Waals surface area (Å²) in [5.74, 6) is 1.39. The van der Waals surface area contributed by atoms with Crippen LogP contribution in [-0.4, -0.2) is 31.1 Å². The minimum atomic E-state index is 0.633. The summed E-state index contributed by atoms with van der Waals surface area (Å²) in [6, 6.07) is 7.39. The van der Waals surface area contributed by atoms with Gasteiger partial charge in [0, 0.05) is 30.7 Å². The number of nitrogens with zero attached hydrogens (tertiary/aromatic N) is 1. The normalized spacial score (nSPS) is 33.4. The number of hydrogen-bond donors (Lipinski definition) is 1. The largest absolute Gasteiger partial charge is 0.384 e. The first-order valence-corrected chi connectivity index (χ1v) is 7.03. The van der Waals surface area contributed by atoms with E-state index in [9.17, 15) is 0 Å². The van der Waals surface area contributed by atoms with Crippen molar-refractivity contribution in [3.05, 3.63) is 35.4 Å². The molecule has 1 N–H and O–H groups in total. The van der Waals surface area contributed by atoms with E-state index in [1.807, 2.05) is 0 Å². The Balaban J connectivity index is 1.92. The molecule has 1 aliphatic carbocycles. The summed E-state index contributed by atoms with van der Waals surface area (Å²) >= 11 is 0. The van der Waals surface area contributed by atoms with Crippen LogP contribution in [0.3, 0.4) is 0 Å². The number of likely N-dealkylation sites (N-methyl/N-ethyl adjacent to an activating group) is 1. The number of benzene rings is 1. The third-order valence-electron chi connectivity index (χ3n) is 4.80. The molecule has 2 aliphatic heterocycles. The Morgan fingerprint density at radius 1 is 1.33 bits per heavy atom. The van der Waals surface area contributed by atoms with E-state index in [2.05, 4.69) is 48.5 Å². The zero-order valence-electron chi connectivity index (χ0n) is 11.1. The molecular weight excluding hydrogens is 220 g/mol. The third kappa shape index (κ3) is 1.33. The average Bonchev–Trinajstić information content (AvgIpc) is 2.76. The lowest BCUT2D eigenvalue weighted by Crippen LogP contribution is -2.42. The van der Waals surface area contributed by atoms with Gasteiger partial charge in [-0.15, -0.1) is 0 Å². The molecule has 2 heteroatoms. The van der Waals surface area contributed by atoms with Gasteiger partial charge in [0.1, 0.15) is 0 Å². The molecule has 94 valence electrons.